The highest BCUT2D eigenvalue weighted by atomic mass is 35.5. The number of pyridine rings is 1. The summed E-state index contributed by atoms with van der Waals surface area (Å²) < 4.78 is 33.0. The normalized spacial score (nSPS) is 10.6. The molecule has 0 bridgehead atoms. The van der Waals surface area contributed by atoms with Crippen molar-refractivity contribution in [3.05, 3.63) is 52.7 Å². The van der Waals surface area contributed by atoms with Gasteiger partial charge in [-0.05, 0) is 50.6 Å². The van der Waals surface area contributed by atoms with Crippen LogP contribution in [-0.4, -0.2) is 37.6 Å². The molecule has 1 aromatic carbocycles. The van der Waals surface area contributed by atoms with Crippen molar-refractivity contribution in [3.8, 4) is 5.75 Å². The molecule has 1 heterocycles. The Morgan fingerprint density at radius 2 is 1.80 bits per heavy atom. The van der Waals surface area contributed by atoms with Crippen LogP contribution < -0.4 is 10.5 Å². The second kappa shape index (κ2) is 9.53. The van der Waals surface area contributed by atoms with E-state index in [-0.39, 0.29) is 12.4 Å². The number of hydrogen-bond donors (Lipinski definition) is 1. The van der Waals surface area contributed by atoms with Crippen molar-refractivity contribution in [2.75, 3.05) is 33.5 Å². The standard InChI is InChI=1S/C18H23F2N3O.ClH/c1-23(2)7-6-12-8-13(18(20)16(19)9-12)4-5-14-10-15(24-3)11-17(21)22-14;/h8-11H,4-7H2,1-3H3,(H2,21,22);1H. The second-order valence-electron chi connectivity index (χ2n) is 6.03. The van der Waals surface area contributed by atoms with Gasteiger partial charge in [0.15, 0.2) is 11.6 Å². The lowest BCUT2D eigenvalue weighted by molar-refractivity contribution is 0.412. The summed E-state index contributed by atoms with van der Waals surface area (Å²) in [5.74, 6) is -0.654. The molecule has 0 aliphatic heterocycles. The number of aryl methyl sites for hydroxylation is 2. The number of aromatic nitrogens is 1. The highest BCUT2D eigenvalue weighted by Gasteiger charge is 2.12. The molecule has 0 fully saturated rings. The number of ether oxygens (including phenoxy) is 1. The zero-order chi connectivity index (χ0) is 17.7. The van der Waals surface area contributed by atoms with E-state index >= 15 is 0 Å². The van der Waals surface area contributed by atoms with Gasteiger partial charge in [0, 0.05) is 24.4 Å². The maximum Gasteiger partial charge on any atom is 0.162 e. The fourth-order valence-corrected chi connectivity index (χ4v) is 2.48. The zero-order valence-electron chi connectivity index (χ0n) is 14.7. The monoisotopic (exact) mass is 371 g/mol. The number of rotatable bonds is 7. The third-order valence-corrected chi connectivity index (χ3v) is 3.77. The van der Waals surface area contributed by atoms with Gasteiger partial charge >= 0.3 is 0 Å². The summed E-state index contributed by atoms with van der Waals surface area (Å²) in [6, 6.07) is 6.36. The number of halogens is 3. The lowest BCUT2D eigenvalue weighted by Crippen LogP contribution is -2.15. The lowest BCUT2D eigenvalue weighted by Gasteiger charge is -2.12. The summed E-state index contributed by atoms with van der Waals surface area (Å²) in [5.41, 5.74) is 7.55. The van der Waals surface area contributed by atoms with E-state index in [9.17, 15) is 8.78 Å². The van der Waals surface area contributed by atoms with Crippen LogP contribution in [0, 0.1) is 11.6 Å². The van der Waals surface area contributed by atoms with E-state index in [4.69, 9.17) is 10.5 Å². The van der Waals surface area contributed by atoms with Crippen LogP contribution in [-0.2, 0) is 19.3 Å². The Hall–Kier alpha value is -1.92. The van der Waals surface area contributed by atoms with Gasteiger partial charge in [-0.15, -0.1) is 12.4 Å². The van der Waals surface area contributed by atoms with Crippen LogP contribution >= 0.6 is 12.4 Å². The third-order valence-electron chi connectivity index (χ3n) is 3.77. The minimum atomic E-state index is -0.806. The smallest absolute Gasteiger partial charge is 0.162 e. The molecule has 0 atom stereocenters. The number of benzene rings is 1. The molecule has 0 amide bonds. The molecular formula is C18H24ClF2N3O. The fourth-order valence-electron chi connectivity index (χ4n) is 2.48. The largest absolute Gasteiger partial charge is 0.497 e. The highest BCUT2D eigenvalue weighted by Crippen LogP contribution is 2.20. The summed E-state index contributed by atoms with van der Waals surface area (Å²) in [4.78, 5) is 6.21. The molecule has 1 aromatic heterocycles. The number of hydrogen-bond acceptors (Lipinski definition) is 4. The average molecular weight is 372 g/mol. The average Bonchev–Trinajstić information content (AvgIpc) is 2.53. The first-order valence-electron chi connectivity index (χ1n) is 7.81. The van der Waals surface area contributed by atoms with E-state index in [0.717, 1.165) is 12.1 Å². The molecule has 2 rings (SSSR count). The van der Waals surface area contributed by atoms with Gasteiger partial charge < -0.3 is 15.4 Å². The number of nitrogens with zero attached hydrogens (tertiary/aromatic N) is 2. The minimum Gasteiger partial charge on any atom is -0.497 e. The minimum absolute atomic E-state index is 0. The van der Waals surface area contributed by atoms with Gasteiger partial charge in [-0.3, -0.25) is 0 Å². The first-order valence-corrected chi connectivity index (χ1v) is 7.81. The Bertz CT molecular complexity index is 711. The summed E-state index contributed by atoms with van der Waals surface area (Å²) in [7, 11) is 5.43. The number of methoxy groups -OCH3 is 1. The Labute approximate surface area is 153 Å². The van der Waals surface area contributed by atoms with Crippen LogP contribution in [0.25, 0.3) is 0 Å². The summed E-state index contributed by atoms with van der Waals surface area (Å²) >= 11 is 0. The highest BCUT2D eigenvalue weighted by molar-refractivity contribution is 5.85. The van der Waals surface area contributed by atoms with E-state index in [1.165, 1.54) is 6.07 Å². The van der Waals surface area contributed by atoms with E-state index < -0.39 is 11.6 Å². The van der Waals surface area contributed by atoms with Gasteiger partial charge in [-0.2, -0.15) is 0 Å². The summed E-state index contributed by atoms with van der Waals surface area (Å²) in [6.07, 6.45) is 1.47. The molecule has 4 nitrogen and oxygen atoms in total. The van der Waals surface area contributed by atoms with Crippen molar-refractivity contribution in [3.63, 3.8) is 0 Å². The molecule has 2 N–H and O–H groups in total. The molecule has 0 aliphatic carbocycles. The van der Waals surface area contributed by atoms with Crippen molar-refractivity contribution < 1.29 is 13.5 Å². The van der Waals surface area contributed by atoms with Gasteiger partial charge in [0.05, 0.1) is 7.11 Å². The van der Waals surface area contributed by atoms with E-state index in [2.05, 4.69) is 4.98 Å². The first-order chi connectivity index (χ1) is 11.4. The zero-order valence-corrected chi connectivity index (χ0v) is 15.5. The van der Waals surface area contributed by atoms with E-state index in [1.54, 1.807) is 25.3 Å². The van der Waals surface area contributed by atoms with Gasteiger partial charge in [0.1, 0.15) is 11.6 Å². The van der Waals surface area contributed by atoms with Gasteiger partial charge in [-0.25, -0.2) is 13.8 Å². The predicted octanol–water partition coefficient (Wildman–Crippen LogP) is 3.26. The molecule has 138 valence electrons. The molecular weight excluding hydrogens is 348 g/mol. The molecule has 0 saturated carbocycles. The summed E-state index contributed by atoms with van der Waals surface area (Å²) in [6.45, 7) is 0.776. The second-order valence-corrected chi connectivity index (χ2v) is 6.03. The van der Waals surface area contributed by atoms with Crippen LogP contribution in [0.15, 0.2) is 24.3 Å². The molecule has 25 heavy (non-hydrogen) atoms. The Kier molecular flexibility index (Phi) is 8.06. The molecule has 0 saturated heterocycles. The third kappa shape index (κ3) is 6.14. The molecule has 0 unspecified atom stereocenters. The molecule has 0 spiro atoms. The SMILES string of the molecule is COc1cc(N)nc(CCc2cc(CCN(C)C)cc(F)c2F)c1.Cl. The molecule has 0 radical (unpaired) electrons. The number of nitrogen functional groups attached to an aromatic ring is 1. The Balaban J connectivity index is 0.00000312. The Morgan fingerprint density at radius 3 is 2.44 bits per heavy atom. The van der Waals surface area contributed by atoms with E-state index in [1.807, 2.05) is 19.0 Å². The molecule has 2 aromatic rings. The first kappa shape index (κ1) is 21.1. The number of anilines is 1. The van der Waals surface area contributed by atoms with Crippen LogP contribution in [0.5, 0.6) is 5.75 Å². The van der Waals surface area contributed by atoms with Crippen molar-refractivity contribution in [1.29, 1.82) is 0 Å². The lowest BCUT2D eigenvalue weighted by atomic mass is 10.0. The number of likely N-dealkylation sites (N-methyl/N-ethyl adjacent to an activating group) is 1. The van der Waals surface area contributed by atoms with E-state index in [0.29, 0.717) is 42.1 Å². The summed E-state index contributed by atoms with van der Waals surface area (Å²) in [5, 5.41) is 0. The van der Waals surface area contributed by atoms with Crippen LogP contribution in [0.4, 0.5) is 14.6 Å². The number of nitrogens with two attached hydrogens (primary N) is 1. The molecule has 7 heteroatoms. The molecule has 0 aliphatic rings. The topological polar surface area (TPSA) is 51.4 Å². The maximum atomic E-state index is 14.1. The predicted molar refractivity (Wildman–Crippen MR) is 98.5 cm³/mol. The van der Waals surface area contributed by atoms with Gasteiger partial charge in [-0.1, -0.05) is 6.07 Å². The maximum absolute atomic E-state index is 14.1. The van der Waals surface area contributed by atoms with Crippen molar-refractivity contribution in [2.45, 2.75) is 19.3 Å². The van der Waals surface area contributed by atoms with Crippen molar-refractivity contribution in [1.82, 2.24) is 9.88 Å². The van der Waals surface area contributed by atoms with Crippen LogP contribution in [0.1, 0.15) is 16.8 Å². The van der Waals surface area contributed by atoms with Gasteiger partial charge in [0.25, 0.3) is 0 Å². The van der Waals surface area contributed by atoms with Crippen LogP contribution in [0.2, 0.25) is 0 Å². The van der Waals surface area contributed by atoms with Crippen LogP contribution in [0.3, 0.4) is 0 Å². The van der Waals surface area contributed by atoms with Crippen molar-refractivity contribution >= 4 is 18.2 Å². The fraction of sp³-hybridized carbons (Fsp3) is 0.389. The quantitative estimate of drug-likeness (QED) is 0.811. The Morgan fingerprint density at radius 1 is 1.08 bits per heavy atom. The van der Waals surface area contributed by atoms with Gasteiger partial charge in [0.2, 0.25) is 0 Å². The van der Waals surface area contributed by atoms with Crippen molar-refractivity contribution in [2.24, 2.45) is 0 Å².